The molecule has 8 aromatic carbocycles. The van der Waals surface area contributed by atoms with Crippen LogP contribution in [0.4, 0.5) is 0 Å². The van der Waals surface area contributed by atoms with Crippen LogP contribution in [0.3, 0.4) is 0 Å². The Morgan fingerprint density at radius 3 is 1.35 bits per heavy atom. The van der Waals surface area contributed by atoms with Gasteiger partial charge in [0, 0.05) is 19.6 Å². The molecule has 8 aromatic rings. The summed E-state index contributed by atoms with van der Waals surface area (Å²) in [5.41, 5.74) is 14.4. The Labute approximate surface area is 309 Å². The molecule has 0 saturated heterocycles. The number of hydrogen-bond acceptors (Lipinski definition) is 2. The smallest absolute Gasteiger partial charge is 0.0991 e. The van der Waals surface area contributed by atoms with Crippen molar-refractivity contribution in [2.45, 2.75) is 40.4 Å². The zero-order chi connectivity index (χ0) is 34.4. The molecule has 0 atom stereocenters. The van der Waals surface area contributed by atoms with Gasteiger partial charge >= 0.3 is 0 Å². The quantitative estimate of drug-likeness (QED) is 0.0961. The van der Waals surface area contributed by atoms with Crippen molar-refractivity contribution in [1.82, 2.24) is 0 Å². The zero-order valence-electron chi connectivity index (χ0n) is 29.0. The van der Waals surface area contributed by atoms with Crippen molar-refractivity contribution in [1.29, 1.82) is 0 Å². The van der Waals surface area contributed by atoms with Crippen LogP contribution in [-0.2, 0) is 0 Å². The third-order valence-electron chi connectivity index (χ3n) is 11.1. The van der Waals surface area contributed by atoms with Crippen molar-refractivity contribution in [3.63, 3.8) is 0 Å². The molecule has 0 fully saturated rings. The summed E-state index contributed by atoms with van der Waals surface area (Å²) in [4.78, 5) is 5.57. The first-order valence-electron chi connectivity index (χ1n) is 18.1. The summed E-state index contributed by atoms with van der Waals surface area (Å²) in [5.74, 6) is 0. The van der Waals surface area contributed by atoms with E-state index in [0.29, 0.717) is 0 Å². The number of fused-ring (bicyclic) bond motifs is 8. The van der Waals surface area contributed by atoms with E-state index in [1.54, 1.807) is 6.08 Å². The highest BCUT2D eigenvalue weighted by atomic mass is 32.2. The van der Waals surface area contributed by atoms with Gasteiger partial charge < -0.3 is 0 Å². The monoisotopic (exact) mass is 684 g/mol. The summed E-state index contributed by atoms with van der Waals surface area (Å²) < 4.78 is 0. The topological polar surface area (TPSA) is 0 Å². The van der Waals surface area contributed by atoms with Gasteiger partial charge in [0.1, 0.15) is 0 Å². The van der Waals surface area contributed by atoms with Crippen molar-refractivity contribution in [2.75, 3.05) is 0 Å². The predicted octanol–water partition coefficient (Wildman–Crippen LogP) is 9.28. The summed E-state index contributed by atoms with van der Waals surface area (Å²) in [7, 11) is 0. The van der Waals surface area contributed by atoms with Crippen LogP contribution in [-0.4, -0.2) is 13.4 Å². The Bertz CT molecular complexity index is 2590. The van der Waals surface area contributed by atoms with E-state index in [1.165, 1.54) is 107 Å². The van der Waals surface area contributed by atoms with E-state index in [-0.39, 0.29) is 13.4 Å². The molecule has 4 heteroatoms. The van der Waals surface area contributed by atoms with Gasteiger partial charge in [-0.15, -0.1) is 0 Å². The average molecular weight is 685 g/mol. The molecule has 0 aromatic heterocycles. The lowest BCUT2D eigenvalue weighted by Crippen LogP contribution is -2.58. The van der Waals surface area contributed by atoms with Gasteiger partial charge in [0.15, 0.2) is 0 Å². The van der Waals surface area contributed by atoms with Crippen LogP contribution in [0, 0.1) is 0 Å². The van der Waals surface area contributed by atoms with Crippen LogP contribution in [0.2, 0.25) is 0 Å². The summed E-state index contributed by atoms with van der Waals surface area (Å²) in [5, 5.41) is 8.51. The minimum Gasteiger partial charge on any atom is -0.0991 e. The summed E-state index contributed by atoms with van der Waals surface area (Å²) in [6, 6.07) is 46.8. The van der Waals surface area contributed by atoms with Gasteiger partial charge in [-0.25, -0.2) is 0 Å². The summed E-state index contributed by atoms with van der Waals surface area (Å²) in [6.45, 7) is 9.94. The first-order chi connectivity index (χ1) is 25.2. The normalized spacial score (nSPS) is 13.5. The maximum Gasteiger partial charge on any atom is 0.245 e. The van der Waals surface area contributed by atoms with Gasteiger partial charge in [0.2, 0.25) is 13.4 Å². The van der Waals surface area contributed by atoms with E-state index in [1.807, 2.05) is 56.4 Å². The lowest BCUT2D eigenvalue weighted by atomic mass is 9.33. The second-order valence-corrected chi connectivity index (χ2v) is 15.6. The number of hydrogen-bond donors (Lipinski definition) is 0. The molecule has 0 saturated carbocycles. The lowest BCUT2D eigenvalue weighted by molar-refractivity contribution is 1.43. The van der Waals surface area contributed by atoms with Crippen LogP contribution < -0.4 is 32.8 Å². The van der Waals surface area contributed by atoms with Crippen LogP contribution in [0.15, 0.2) is 166 Å². The average Bonchev–Trinajstić information content (AvgIpc) is 3.18. The zero-order valence-corrected chi connectivity index (χ0v) is 30.6. The summed E-state index contributed by atoms with van der Waals surface area (Å²) in [6.07, 6.45) is 5.58. The molecule has 4 heterocycles. The van der Waals surface area contributed by atoms with Gasteiger partial charge in [-0.2, -0.15) is 0 Å². The standard InChI is InChI=1S/C40H20B2S2.C5H8.C2H6/c1-3-11-31-27(9-1)41-29-17-15-21-20-26-24-8-6-14-34-40(24)42(28-10-2-4-12-32(28)44-34)30-18-16-22-19-25(37(29)35(21)36(22)38(26)30)23-7-5-13-33(43-31)39(23)41;1-3-5-4-2;1-2/h1-20H;3-5H,1H2,2H3;1-2H3/b;5-4-;. The van der Waals surface area contributed by atoms with Crippen molar-refractivity contribution in [2.24, 2.45) is 0 Å². The molecule has 240 valence electrons. The molecule has 0 nitrogen and oxygen atoms in total. The Morgan fingerprint density at radius 1 is 0.471 bits per heavy atom. The Balaban J connectivity index is 0.000000434. The fourth-order valence-electron chi connectivity index (χ4n) is 9.28. The minimum absolute atomic E-state index is 0.257. The van der Waals surface area contributed by atoms with Crippen molar-refractivity contribution in [3.8, 4) is 22.3 Å². The highest BCUT2D eigenvalue weighted by Crippen LogP contribution is 2.47. The van der Waals surface area contributed by atoms with Gasteiger partial charge in [0.05, 0.1) is 0 Å². The molecule has 0 N–H and O–H groups in total. The van der Waals surface area contributed by atoms with Crippen LogP contribution >= 0.6 is 23.5 Å². The van der Waals surface area contributed by atoms with Gasteiger partial charge in [-0.1, -0.05) is 169 Å². The van der Waals surface area contributed by atoms with E-state index in [9.17, 15) is 0 Å². The van der Waals surface area contributed by atoms with E-state index in [4.69, 9.17) is 0 Å². The fourth-order valence-corrected chi connectivity index (χ4v) is 11.6. The molecule has 4 aliphatic heterocycles. The third-order valence-corrected chi connectivity index (χ3v) is 13.4. The van der Waals surface area contributed by atoms with Crippen LogP contribution in [0.25, 0.3) is 54.6 Å². The van der Waals surface area contributed by atoms with E-state index in [2.05, 4.69) is 128 Å². The van der Waals surface area contributed by atoms with E-state index in [0.717, 1.165) is 0 Å². The number of allylic oxidation sites excluding steroid dienone is 3. The molecule has 0 radical (unpaired) electrons. The Morgan fingerprint density at radius 2 is 0.922 bits per heavy atom. The van der Waals surface area contributed by atoms with Gasteiger partial charge in [0.25, 0.3) is 0 Å². The van der Waals surface area contributed by atoms with Crippen LogP contribution in [0.1, 0.15) is 20.8 Å². The van der Waals surface area contributed by atoms with Gasteiger partial charge in [-0.3, -0.25) is 0 Å². The second-order valence-electron chi connectivity index (χ2n) is 13.4. The maximum absolute atomic E-state index is 3.46. The highest BCUT2D eigenvalue weighted by Gasteiger charge is 2.41. The first-order valence-corrected chi connectivity index (χ1v) is 19.7. The van der Waals surface area contributed by atoms with Crippen molar-refractivity contribution in [3.05, 3.63) is 146 Å². The van der Waals surface area contributed by atoms with Gasteiger partial charge in [-0.05, 0) is 109 Å². The Hall–Kier alpha value is -4.89. The first kappa shape index (κ1) is 30.9. The number of rotatable bonds is 1. The highest BCUT2D eigenvalue weighted by molar-refractivity contribution is 8.00. The largest absolute Gasteiger partial charge is 0.245 e. The predicted molar refractivity (Wildman–Crippen MR) is 228 cm³/mol. The SMILES string of the molecule is C=C/C=C\C.CC.c1ccc2c(c1)Sc1cccc3c1B2c1ccc2cc4c5c(ccc6cc-3c1c2c65)B1c2ccccc2Sc2cccc-4c21. The molecule has 12 rings (SSSR count). The molecule has 0 unspecified atom stereocenters. The van der Waals surface area contributed by atoms with Crippen molar-refractivity contribution >= 4 is 102 Å². The van der Waals surface area contributed by atoms with E-state index < -0.39 is 0 Å². The Kier molecular flexibility index (Phi) is 7.17. The van der Waals surface area contributed by atoms with E-state index >= 15 is 0 Å². The molecule has 0 bridgehead atoms. The third kappa shape index (κ3) is 4.21. The lowest BCUT2D eigenvalue weighted by Gasteiger charge is -2.36. The second kappa shape index (κ2) is 11.8. The van der Waals surface area contributed by atoms with Crippen LogP contribution in [0.5, 0.6) is 0 Å². The molecule has 0 amide bonds. The molecule has 0 spiro atoms. The molecular formula is C47H34B2S2. The van der Waals surface area contributed by atoms with Crippen molar-refractivity contribution < 1.29 is 0 Å². The molecule has 51 heavy (non-hydrogen) atoms. The molecule has 4 aliphatic rings. The molecular weight excluding hydrogens is 650 g/mol. The number of benzene rings is 8. The maximum atomic E-state index is 3.46. The summed E-state index contributed by atoms with van der Waals surface area (Å²) >= 11 is 3.87. The fraction of sp³-hybridized carbons (Fsp3) is 0.0638. The molecule has 0 aliphatic carbocycles. The minimum atomic E-state index is 0.257.